The molecule has 6 nitrogen and oxygen atoms in total. The first-order chi connectivity index (χ1) is 13.6. The predicted octanol–water partition coefficient (Wildman–Crippen LogP) is 3.88. The molecule has 0 aliphatic rings. The lowest BCUT2D eigenvalue weighted by Crippen LogP contribution is -2.36. The highest BCUT2D eigenvalue weighted by Crippen LogP contribution is 2.28. The van der Waals surface area contributed by atoms with Gasteiger partial charge in [0, 0.05) is 13.1 Å². The Balaban J connectivity index is 1.71. The van der Waals surface area contributed by atoms with Crippen molar-refractivity contribution in [3.8, 4) is 0 Å². The fraction of sp³-hybridized carbons (Fsp3) is 0.286. The second-order valence-corrected chi connectivity index (χ2v) is 7.62. The van der Waals surface area contributed by atoms with Crippen molar-refractivity contribution < 1.29 is 4.79 Å². The van der Waals surface area contributed by atoms with E-state index in [0.29, 0.717) is 18.2 Å². The summed E-state index contributed by atoms with van der Waals surface area (Å²) in [4.78, 5) is 32.3. The Morgan fingerprint density at radius 2 is 1.71 bits per heavy atom. The zero-order valence-electron chi connectivity index (χ0n) is 16.0. The summed E-state index contributed by atoms with van der Waals surface area (Å²) in [5.74, 6) is -0.136. The van der Waals surface area contributed by atoms with Crippen LogP contribution in [-0.4, -0.2) is 26.6 Å². The molecule has 2 heterocycles. The van der Waals surface area contributed by atoms with Crippen LogP contribution in [-0.2, 0) is 17.9 Å². The number of carbonyl (C=O) groups is 1. The van der Waals surface area contributed by atoms with Crippen LogP contribution < -0.4 is 10.6 Å². The van der Waals surface area contributed by atoms with Crippen molar-refractivity contribution in [1.82, 2.24) is 14.1 Å². The van der Waals surface area contributed by atoms with E-state index in [0.717, 1.165) is 27.7 Å². The fourth-order valence-corrected chi connectivity index (χ4v) is 4.53. The topological polar surface area (TPSA) is 60.1 Å². The van der Waals surface area contributed by atoms with Crippen LogP contribution in [0.15, 0.2) is 53.3 Å². The van der Waals surface area contributed by atoms with E-state index in [1.54, 1.807) is 14.0 Å². The third-order valence-electron chi connectivity index (χ3n) is 4.80. The summed E-state index contributed by atoms with van der Waals surface area (Å²) < 4.78 is 4.36. The Labute approximate surface area is 166 Å². The summed E-state index contributed by atoms with van der Waals surface area (Å²) in [7, 11) is 0. The molecule has 4 aromatic rings. The number of rotatable bonds is 6. The SMILES string of the molecule is CCCn1c(=O)n(CC(=O)N(CC)c2nc3ccccc3s2)c2ccccc21. The summed E-state index contributed by atoms with van der Waals surface area (Å²) in [5, 5.41) is 0.666. The van der Waals surface area contributed by atoms with Crippen LogP contribution in [0, 0.1) is 0 Å². The van der Waals surface area contributed by atoms with Crippen LogP contribution in [0.4, 0.5) is 5.13 Å². The predicted molar refractivity (Wildman–Crippen MR) is 114 cm³/mol. The van der Waals surface area contributed by atoms with Gasteiger partial charge in [0.25, 0.3) is 0 Å². The number of amides is 1. The van der Waals surface area contributed by atoms with Crippen LogP contribution >= 0.6 is 11.3 Å². The van der Waals surface area contributed by atoms with Crippen LogP contribution in [0.25, 0.3) is 21.3 Å². The van der Waals surface area contributed by atoms with Gasteiger partial charge >= 0.3 is 5.69 Å². The zero-order chi connectivity index (χ0) is 19.7. The Bertz CT molecular complexity index is 1170. The highest BCUT2D eigenvalue weighted by atomic mass is 32.1. The van der Waals surface area contributed by atoms with Gasteiger partial charge in [-0.3, -0.25) is 18.8 Å². The van der Waals surface area contributed by atoms with Crippen LogP contribution in [0.3, 0.4) is 0 Å². The number of thiazole rings is 1. The summed E-state index contributed by atoms with van der Waals surface area (Å²) in [6.07, 6.45) is 0.856. The Kier molecular flexibility index (Phi) is 5.00. The summed E-state index contributed by atoms with van der Waals surface area (Å²) in [6.45, 7) is 5.10. The quantitative estimate of drug-likeness (QED) is 0.499. The average Bonchev–Trinajstić information content (AvgIpc) is 3.24. The molecular formula is C21H22N4O2S. The second-order valence-electron chi connectivity index (χ2n) is 6.61. The van der Waals surface area contributed by atoms with Gasteiger partial charge in [-0.1, -0.05) is 42.5 Å². The van der Waals surface area contributed by atoms with Crippen LogP contribution in [0.1, 0.15) is 20.3 Å². The van der Waals surface area contributed by atoms with E-state index in [2.05, 4.69) is 4.98 Å². The minimum atomic E-state index is -0.142. The molecule has 4 rings (SSSR count). The van der Waals surface area contributed by atoms with E-state index >= 15 is 0 Å². The third kappa shape index (κ3) is 3.11. The highest BCUT2D eigenvalue weighted by molar-refractivity contribution is 7.22. The number of nitrogens with zero attached hydrogens (tertiary/aromatic N) is 4. The number of imidazole rings is 1. The summed E-state index contributed by atoms with van der Waals surface area (Å²) >= 11 is 1.49. The monoisotopic (exact) mass is 394 g/mol. The molecule has 2 aromatic heterocycles. The maximum absolute atomic E-state index is 13.1. The summed E-state index contributed by atoms with van der Waals surface area (Å²) in [5.41, 5.74) is 2.39. The maximum atomic E-state index is 13.1. The van der Waals surface area contributed by atoms with Crippen molar-refractivity contribution in [3.05, 3.63) is 59.0 Å². The van der Waals surface area contributed by atoms with Crippen molar-refractivity contribution in [2.24, 2.45) is 0 Å². The highest BCUT2D eigenvalue weighted by Gasteiger charge is 2.21. The van der Waals surface area contributed by atoms with Crippen molar-refractivity contribution in [1.29, 1.82) is 0 Å². The number of hydrogen-bond donors (Lipinski definition) is 0. The van der Waals surface area contributed by atoms with Crippen molar-refractivity contribution in [2.45, 2.75) is 33.4 Å². The number of aryl methyl sites for hydroxylation is 1. The number of benzene rings is 2. The van der Waals surface area contributed by atoms with Gasteiger partial charge in [-0.05, 0) is 37.6 Å². The molecule has 0 spiro atoms. The standard InChI is InChI=1S/C21H22N4O2S/c1-3-13-24-16-10-6-7-11-17(16)25(21(24)27)14-19(26)23(4-2)20-22-15-9-5-8-12-18(15)28-20/h5-12H,3-4,13-14H2,1-2H3. The van der Waals surface area contributed by atoms with Gasteiger partial charge in [-0.25, -0.2) is 9.78 Å². The van der Waals surface area contributed by atoms with Gasteiger partial charge in [0.2, 0.25) is 5.91 Å². The van der Waals surface area contributed by atoms with E-state index < -0.39 is 0 Å². The third-order valence-corrected chi connectivity index (χ3v) is 5.86. The lowest BCUT2D eigenvalue weighted by molar-refractivity contribution is -0.119. The molecule has 2 aromatic carbocycles. The molecule has 28 heavy (non-hydrogen) atoms. The number of carbonyl (C=O) groups excluding carboxylic acids is 1. The van der Waals surface area contributed by atoms with Gasteiger partial charge in [-0.2, -0.15) is 0 Å². The number of para-hydroxylation sites is 3. The molecule has 0 atom stereocenters. The average molecular weight is 395 g/mol. The van der Waals surface area contributed by atoms with Gasteiger partial charge in [0.05, 0.1) is 21.3 Å². The molecule has 0 saturated heterocycles. The second kappa shape index (κ2) is 7.59. The van der Waals surface area contributed by atoms with E-state index in [9.17, 15) is 9.59 Å². The lowest BCUT2D eigenvalue weighted by Gasteiger charge is -2.17. The number of hydrogen-bond acceptors (Lipinski definition) is 4. The number of aromatic nitrogens is 3. The van der Waals surface area contributed by atoms with Crippen LogP contribution in [0.2, 0.25) is 0 Å². The molecule has 144 valence electrons. The maximum Gasteiger partial charge on any atom is 0.329 e. The Morgan fingerprint density at radius 1 is 1.04 bits per heavy atom. The first-order valence-electron chi connectivity index (χ1n) is 9.48. The van der Waals surface area contributed by atoms with E-state index in [-0.39, 0.29) is 18.1 Å². The van der Waals surface area contributed by atoms with Gasteiger partial charge in [0.15, 0.2) is 5.13 Å². The largest absolute Gasteiger partial charge is 0.329 e. The Morgan fingerprint density at radius 3 is 2.39 bits per heavy atom. The summed E-state index contributed by atoms with van der Waals surface area (Å²) in [6, 6.07) is 15.5. The molecule has 0 aliphatic heterocycles. The van der Waals surface area contributed by atoms with Crippen LogP contribution in [0.5, 0.6) is 0 Å². The van der Waals surface area contributed by atoms with Gasteiger partial charge in [0.1, 0.15) is 6.54 Å². The molecule has 0 radical (unpaired) electrons. The molecule has 0 aliphatic carbocycles. The normalized spacial score (nSPS) is 11.4. The zero-order valence-corrected chi connectivity index (χ0v) is 16.8. The molecule has 1 amide bonds. The molecular weight excluding hydrogens is 372 g/mol. The minimum Gasteiger partial charge on any atom is -0.292 e. The first kappa shape index (κ1) is 18.4. The Hall–Kier alpha value is -2.93. The number of fused-ring (bicyclic) bond motifs is 2. The van der Waals surface area contributed by atoms with E-state index in [1.807, 2.05) is 62.4 Å². The number of anilines is 1. The smallest absolute Gasteiger partial charge is 0.292 e. The molecule has 0 unspecified atom stereocenters. The van der Waals surface area contributed by atoms with Gasteiger partial charge in [-0.15, -0.1) is 0 Å². The first-order valence-corrected chi connectivity index (χ1v) is 10.3. The van der Waals surface area contributed by atoms with Gasteiger partial charge < -0.3 is 0 Å². The van der Waals surface area contributed by atoms with Crippen molar-refractivity contribution in [3.63, 3.8) is 0 Å². The van der Waals surface area contributed by atoms with E-state index in [4.69, 9.17) is 0 Å². The number of likely N-dealkylation sites (N-methyl/N-ethyl adjacent to an activating group) is 1. The minimum absolute atomic E-state index is 0.000172. The molecule has 0 saturated carbocycles. The fourth-order valence-electron chi connectivity index (χ4n) is 3.48. The van der Waals surface area contributed by atoms with Crippen molar-refractivity contribution in [2.75, 3.05) is 11.4 Å². The molecule has 7 heteroatoms. The lowest BCUT2D eigenvalue weighted by atomic mass is 10.3. The van der Waals surface area contributed by atoms with E-state index in [1.165, 1.54) is 11.3 Å². The van der Waals surface area contributed by atoms with Crippen molar-refractivity contribution >= 4 is 43.6 Å². The molecule has 0 fully saturated rings. The molecule has 0 bridgehead atoms. The molecule has 0 N–H and O–H groups in total.